The zero-order chi connectivity index (χ0) is 20.3. The van der Waals surface area contributed by atoms with Gasteiger partial charge in [-0.05, 0) is 30.7 Å². The summed E-state index contributed by atoms with van der Waals surface area (Å²) in [5, 5.41) is 2.45. The molecule has 2 amide bonds. The van der Waals surface area contributed by atoms with Crippen molar-refractivity contribution >= 4 is 24.1 Å². The van der Waals surface area contributed by atoms with Gasteiger partial charge in [0.15, 0.2) is 0 Å². The van der Waals surface area contributed by atoms with Crippen LogP contribution in [0.2, 0.25) is 0 Å². The van der Waals surface area contributed by atoms with Crippen LogP contribution in [0.3, 0.4) is 0 Å². The Balaban J connectivity index is 0.00000300. The molecule has 4 nitrogen and oxygen atoms in total. The lowest BCUT2D eigenvalue weighted by Gasteiger charge is -2.45. The summed E-state index contributed by atoms with van der Waals surface area (Å²) in [6.45, 7) is 4.39. The van der Waals surface area contributed by atoms with Crippen molar-refractivity contribution in [1.29, 1.82) is 0 Å². The highest BCUT2D eigenvalue weighted by atomic mass is 35.5. The number of benzene rings is 2. The Bertz CT molecular complexity index is 826. The van der Waals surface area contributed by atoms with E-state index in [9.17, 15) is 22.4 Å². The highest BCUT2D eigenvalue weighted by molar-refractivity contribution is 5.89. The number of likely N-dealkylation sites (N-methyl/N-ethyl adjacent to an activating group) is 1. The van der Waals surface area contributed by atoms with Crippen molar-refractivity contribution in [2.45, 2.75) is 25.7 Å². The van der Waals surface area contributed by atoms with Gasteiger partial charge in [0.2, 0.25) is 0 Å². The van der Waals surface area contributed by atoms with Gasteiger partial charge in [-0.25, -0.2) is 9.18 Å². The van der Waals surface area contributed by atoms with Crippen LogP contribution in [0.15, 0.2) is 48.5 Å². The fourth-order valence-corrected chi connectivity index (χ4v) is 3.29. The third kappa shape index (κ3) is 5.61. The zero-order valence-corrected chi connectivity index (χ0v) is 16.6. The van der Waals surface area contributed by atoms with E-state index in [-0.39, 0.29) is 24.1 Å². The van der Waals surface area contributed by atoms with E-state index < -0.39 is 23.6 Å². The van der Waals surface area contributed by atoms with Crippen LogP contribution in [0, 0.1) is 5.82 Å². The molecule has 2 aromatic rings. The summed E-state index contributed by atoms with van der Waals surface area (Å²) in [7, 11) is 0. The van der Waals surface area contributed by atoms with Gasteiger partial charge >= 0.3 is 12.2 Å². The van der Waals surface area contributed by atoms with Gasteiger partial charge in [-0.1, -0.05) is 30.3 Å². The van der Waals surface area contributed by atoms with Gasteiger partial charge in [-0.2, -0.15) is 13.2 Å². The summed E-state index contributed by atoms with van der Waals surface area (Å²) in [5.41, 5.74) is -0.303. The van der Waals surface area contributed by atoms with Crippen molar-refractivity contribution in [2.24, 2.45) is 0 Å². The van der Waals surface area contributed by atoms with Crippen LogP contribution in [-0.4, -0.2) is 41.5 Å². The topological polar surface area (TPSA) is 35.6 Å². The minimum Gasteiger partial charge on any atom is -0.319 e. The molecule has 158 valence electrons. The number of carbonyl (C=O) groups excluding carboxylic acids is 1. The number of hydrogen-bond acceptors (Lipinski definition) is 2. The minimum absolute atomic E-state index is 0. The van der Waals surface area contributed by atoms with Crippen molar-refractivity contribution in [3.8, 4) is 0 Å². The molecular weight excluding hydrogens is 410 g/mol. The molecule has 3 rings (SSSR count). The molecule has 1 N–H and O–H groups in total. The number of carbonyl (C=O) groups is 1. The molecule has 2 aromatic carbocycles. The third-order valence-electron chi connectivity index (χ3n) is 4.75. The minimum atomic E-state index is -4.82. The largest absolute Gasteiger partial charge is 0.419 e. The SMILES string of the molecule is CCN(C(=O)Nc1ccc(F)c(C(F)(F)F)c1)C1CN(Cc2ccccc2)C1.Cl. The Morgan fingerprint density at radius 3 is 2.41 bits per heavy atom. The number of alkyl halides is 3. The number of amides is 2. The van der Waals surface area contributed by atoms with Gasteiger partial charge in [0.1, 0.15) is 5.82 Å². The smallest absolute Gasteiger partial charge is 0.319 e. The Hall–Kier alpha value is -2.32. The van der Waals surface area contributed by atoms with Crippen LogP contribution in [-0.2, 0) is 12.7 Å². The lowest BCUT2D eigenvalue weighted by molar-refractivity contribution is -0.139. The highest BCUT2D eigenvalue weighted by Gasteiger charge is 2.36. The average Bonchev–Trinajstić information content (AvgIpc) is 2.61. The first-order valence-electron chi connectivity index (χ1n) is 8.98. The number of anilines is 1. The van der Waals surface area contributed by atoms with Crippen molar-refractivity contribution in [3.63, 3.8) is 0 Å². The van der Waals surface area contributed by atoms with Crippen LogP contribution >= 0.6 is 12.4 Å². The molecule has 0 aromatic heterocycles. The Morgan fingerprint density at radius 2 is 1.83 bits per heavy atom. The van der Waals surface area contributed by atoms with E-state index in [4.69, 9.17) is 0 Å². The van der Waals surface area contributed by atoms with Crippen LogP contribution in [0.25, 0.3) is 0 Å². The fraction of sp³-hybridized carbons (Fsp3) is 0.350. The number of hydrogen-bond donors (Lipinski definition) is 1. The van der Waals surface area contributed by atoms with Gasteiger partial charge in [0.25, 0.3) is 0 Å². The van der Waals surface area contributed by atoms with Gasteiger partial charge in [0, 0.05) is 31.9 Å². The quantitative estimate of drug-likeness (QED) is 0.676. The summed E-state index contributed by atoms with van der Waals surface area (Å²) in [6.07, 6.45) is -4.82. The van der Waals surface area contributed by atoms with Crippen molar-refractivity contribution in [1.82, 2.24) is 9.80 Å². The first-order valence-corrected chi connectivity index (χ1v) is 8.98. The molecule has 29 heavy (non-hydrogen) atoms. The van der Waals surface area contributed by atoms with Gasteiger partial charge in [-0.3, -0.25) is 4.90 Å². The number of likely N-dealkylation sites (tertiary alicyclic amines) is 1. The number of halogens is 5. The highest BCUT2D eigenvalue weighted by Crippen LogP contribution is 2.33. The Morgan fingerprint density at radius 1 is 1.17 bits per heavy atom. The van der Waals surface area contributed by atoms with Crippen molar-refractivity contribution in [3.05, 3.63) is 65.5 Å². The van der Waals surface area contributed by atoms with E-state index in [1.54, 1.807) is 4.90 Å². The summed E-state index contributed by atoms with van der Waals surface area (Å²) >= 11 is 0. The average molecular weight is 432 g/mol. The summed E-state index contributed by atoms with van der Waals surface area (Å²) in [5.74, 6) is -1.37. The molecule has 0 bridgehead atoms. The predicted molar refractivity (Wildman–Crippen MR) is 106 cm³/mol. The maximum Gasteiger partial charge on any atom is 0.419 e. The zero-order valence-electron chi connectivity index (χ0n) is 15.7. The fourth-order valence-electron chi connectivity index (χ4n) is 3.29. The van der Waals surface area contributed by atoms with E-state index in [1.807, 2.05) is 37.3 Å². The second-order valence-electron chi connectivity index (χ2n) is 6.74. The van der Waals surface area contributed by atoms with Crippen LogP contribution in [0.5, 0.6) is 0 Å². The van der Waals surface area contributed by atoms with Gasteiger partial charge in [0.05, 0.1) is 11.6 Å². The number of nitrogens with one attached hydrogen (secondary N) is 1. The van der Waals surface area contributed by atoms with Crippen LogP contribution < -0.4 is 5.32 Å². The molecule has 1 aliphatic rings. The summed E-state index contributed by atoms with van der Waals surface area (Å²) in [6, 6.07) is 11.9. The Kier molecular flexibility index (Phi) is 7.48. The third-order valence-corrected chi connectivity index (χ3v) is 4.75. The molecule has 1 aliphatic heterocycles. The maximum absolute atomic E-state index is 13.4. The molecule has 0 radical (unpaired) electrons. The Labute approximate surface area is 172 Å². The van der Waals surface area contributed by atoms with Crippen LogP contribution in [0.1, 0.15) is 18.1 Å². The summed E-state index contributed by atoms with van der Waals surface area (Å²) < 4.78 is 51.9. The van der Waals surface area contributed by atoms with Crippen molar-refractivity contribution < 1.29 is 22.4 Å². The normalized spacial score (nSPS) is 14.7. The molecule has 9 heteroatoms. The molecule has 0 atom stereocenters. The van der Waals surface area contributed by atoms with E-state index in [0.29, 0.717) is 31.8 Å². The predicted octanol–water partition coefficient (Wildman–Crippen LogP) is 5.00. The molecule has 1 saturated heterocycles. The molecule has 0 saturated carbocycles. The van der Waals surface area contributed by atoms with E-state index in [1.165, 1.54) is 5.56 Å². The monoisotopic (exact) mass is 431 g/mol. The molecule has 1 fully saturated rings. The number of urea groups is 1. The molecule has 0 aliphatic carbocycles. The number of nitrogens with zero attached hydrogens (tertiary/aromatic N) is 2. The maximum atomic E-state index is 13.4. The molecule has 0 spiro atoms. The standard InChI is InChI=1S/C20H21F4N3O.ClH/c1-2-27(16-12-26(13-16)11-14-6-4-3-5-7-14)19(28)25-15-8-9-18(21)17(10-15)20(22,23)24;/h3-10,16H,2,11-13H2,1H3,(H,25,28);1H. The summed E-state index contributed by atoms with van der Waals surface area (Å²) in [4.78, 5) is 16.3. The first kappa shape index (κ1) is 23.0. The van der Waals surface area contributed by atoms with Gasteiger partial charge < -0.3 is 10.2 Å². The number of rotatable bonds is 5. The van der Waals surface area contributed by atoms with E-state index >= 15 is 0 Å². The molecule has 0 unspecified atom stereocenters. The van der Waals surface area contributed by atoms with Gasteiger partial charge in [-0.15, -0.1) is 12.4 Å². The van der Waals surface area contributed by atoms with E-state index in [2.05, 4.69) is 10.2 Å². The second-order valence-corrected chi connectivity index (χ2v) is 6.74. The molecular formula is C20H22ClF4N3O. The lowest BCUT2D eigenvalue weighted by atomic mass is 10.1. The van der Waals surface area contributed by atoms with Crippen LogP contribution in [0.4, 0.5) is 28.0 Å². The molecule has 1 heterocycles. The first-order chi connectivity index (χ1) is 13.3. The lowest BCUT2D eigenvalue weighted by Crippen LogP contribution is -2.60. The van der Waals surface area contributed by atoms with E-state index in [0.717, 1.165) is 12.6 Å². The second kappa shape index (κ2) is 9.45. The van der Waals surface area contributed by atoms with Crippen molar-refractivity contribution in [2.75, 3.05) is 25.0 Å².